The van der Waals surface area contributed by atoms with E-state index in [2.05, 4.69) is 5.32 Å². The molecule has 0 radical (unpaired) electrons. The molecule has 0 spiro atoms. The molecule has 2 aromatic carbocycles. The van der Waals surface area contributed by atoms with E-state index >= 15 is 0 Å². The normalized spacial score (nSPS) is 10.8. The van der Waals surface area contributed by atoms with Crippen molar-refractivity contribution in [2.75, 3.05) is 19.5 Å². The van der Waals surface area contributed by atoms with Crippen molar-refractivity contribution in [3.05, 3.63) is 57.6 Å². The molecular formula is C18H14Cl2N2O3. The maximum Gasteiger partial charge on any atom is 0.266 e. The van der Waals surface area contributed by atoms with Gasteiger partial charge in [-0.3, -0.25) is 4.79 Å². The van der Waals surface area contributed by atoms with E-state index in [1.807, 2.05) is 6.07 Å². The topological polar surface area (TPSA) is 71.3 Å². The molecule has 0 aliphatic carbocycles. The molecule has 0 bridgehead atoms. The number of rotatable bonds is 5. The quantitative estimate of drug-likeness (QED) is 0.613. The first kappa shape index (κ1) is 18.7. The van der Waals surface area contributed by atoms with E-state index in [0.29, 0.717) is 27.8 Å². The van der Waals surface area contributed by atoms with Gasteiger partial charge in [0, 0.05) is 5.02 Å². The summed E-state index contributed by atoms with van der Waals surface area (Å²) >= 11 is 11.8. The second-order valence-electron chi connectivity index (χ2n) is 4.86. The molecule has 0 aliphatic heterocycles. The minimum atomic E-state index is -0.582. The van der Waals surface area contributed by atoms with Crippen molar-refractivity contribution < 1.29 is 14.3 Å². The number of anilines is 1. The van der Waals surface area contributed by atoms with Gasteiger partial charge in [0.1, 0.15) is 11.6 Å². The zero-order chi connectivity index (χ0) is 18.4. The number of carbonyl (C=O) groups is 1. The predicted molar refractivity (Wildman–Crippen MR) is 98.2 cm³/mol. The number of ether oxygens (including phenoxy) is 2. The molecule has 0 saturated heterocycles. The molecule has 2 aromatic rings. The minimum absolute atomic E-state index is 0.0850. The Morgan fingerprint density at radius 2 is 1.84 bits per heavy atom. The maximum absolute atomic E-state index is 12.3. The number of hydrogen-bond acceptors (Lipinski definition) is 4. The molecule has 0 aromatic heterocycles. The van der Waals surface area contributed by atoms with Gasteiger partial charge < -0.3 is 14.8 Å². The molecule has 1 amide bonds. The Hall–Kier alpha value is -2.68. The first-order valence-electron chi connectivity index (χ1n) is 7.08. The average Bonchev–Trinajstić information content (AvgIpc) is 2.61. The molecule has 0 heterocycles. The van der Waals surface area contributed by atoms with Crippen LogP contribution in [0.15, 0.2) is 42.0 Å². The van der Waals surface area contributed by atoms with E-state index in [0.717, 1.165) is 0 Å². The Bertz CT molecular complexity index is 873. The number of methoxy groups -OCH3 is 2. The Labute approximate surface area is 155 Å². The molecule has 5 nitrogen and oxygen atoms in total. The number of amides is 1. The molecule has 0 saturated carbocycles. The van der Waals surface area contributed by atoms with Crippen molar-refractivity contribution in [2.45, 2.75) is 0 Å². The first-order chi connectivity index (χ1) is 12.0. The Morgan fingerprint density at radius 1 is 1.12 bits per heavy atom. The molecule has 0 atom stereocenters. The standard InChI is InChI=1S/C18H14Cl2N2O3/c1-24-16-6-3-11(8-17(16)25-2)7-12(10-21)18(23)22-15-5-4-13(19)9-14(15)20/h3-9H,1-2H3,(H,22,23)/b12-7+. The highest BCUT2D eigenvalue weighted by molar-refractivity contribution is 6.36. The summed E-state index contributed by atoms with van der Waals surface area (Å²) in [5.41, 5.74) is 0.898. The molecule has 0 aliphatic rings. The number of halogens is 2. The summed E-state index contributed by atoms with van der Waals surface area (Å²) in [6, 6.07) is 11.6. The number of benzene rings is 2. The van der Waals surface area contributed by atoms with Crippen molar-refractivity contribution in [3.8, 4) is 17.6 Å². The number of hydrogen-bond donors (Lipinski definition) is 1. The van der Waals surface area contributed by atoms with Crippen LogP contribution >= 0.6 is 23.2 Å². The maximum atomic E-state index is 12.3. The number of nitrogens with zero attached hydrogens (tertiary/aromatic N) is 1. The summed E-state index contributed by atoms with van der Waals surface area (Å²) < 4.78 is 10.4. The van der Waals surface area contributed by atoms with Crippen LogP contribution in [-0.2, 0) is 4.79 Å². The molecule has 128 valence electrons. The molecule has 25 heavy (non-hydrogen) atoms. The van der Waals surface area contributed by atoms with Gasteiger partial charge in [-0.25, -0.2) is 0 Å². The van der Waals surface area contributed by atoms with E-state index in [-0.39, 0.29) is 10.6 Å². The van der Waals surface area contributed by atoms with Crippen molar-refractivity contribution in [3.63, 3.8) is 0 Å². The van der Waals surface area contributed by atoms with Gasteiger partial charge in [-0.15, -0.1) is 0 Å². The lowest BCUT2D eigenvalue weighted by atomic mass is 10.1. The fourth-order valence-corrected chi connectivity index (χ4v) is 2.49. The molecule has 0 unspecified atom stereocenters. The van der Waals surface area contributed by atoms with Gasteiger partial charge in [0.05, 0.1) is 24.9 Å². The van der Waals surface area contributed by atoms with Gasteiger partial charge in [0.2, 0.25) is 0 Å². The van der Waals surface area contributed by atoms with Crippen LogP contribution in [0.1, 0.15) is 5.56 Å². The minimum Gasteiger partial charge on any atom is -0.493 e. The van der Waals surface area contributed by atoms with Gasteiger partial charge in [0.15, 0.2) is 11.5 Å². The lowest BCUT2D eigenvalue weighted by molar-refractivity contribution is -0.112. The third-order valence-corrected chi connectivity index (χ3v) is 3.81. The summed E-state index contributed by atoms with van der Waals surface area (Å²) in [7, 11) is 3.03. The van der Waals surface area contributed by atoms with Gasteiger partial charge in [-0.1, -0.05) is 29.3 Å². The van der Waals surface area contributed by atoms with Gasteiger partial charge in [-0.05, 0) is 42.0 Å². The number of nitrogens with one attached hydrogen (secondary N) is 1. The largest absolute Gasteiger partial charge is 0.493 e. The lowest BCUT2D eigenvalue weighted by Crippen LogP contribution is -2.13. The highest BCUT2D eigenvalue weighted by Gasteiger charge is 2.12. The van der Waals surface area contributed by atoms with E-state index in [1.54, 1.807) is 30.3 Å². The van der Waals surface area contributed by atoms with Crippen LogP contribution in [-0.4, -0.2) is 20.1 Å². The Morgan fingerprint density at radius 3 is 2.44 bits per heavy atom. The van der Waals surface area contributed by atoms with E-state index in [9.17, 15) is 10.1 Å². The highest BCUT2D eigenvalue weighted by atomic mass is 35.5. The summed E-state index contributed by atoms with van der Waals surface area (Å²) in [5, 5.41) is 12.6. The smallest absolute Gasteiger partial charge is 0.266 e. The third kappa shape index (κ3) is 4.66. The second-order valence-corrected chi connectivity index (χ2v) is 5.71. The van der Waals surface area contributed by atoms with Crippen molar-refractivity contribution in [2.24, 2.45) is 0 Å². The highest BCUT2D eigenvalue weighted by Crippen LogP contribution is 2.29. The zero-order valence-corrected chi connectivity index (χ0v) is 15.0. The molecule has 0 fully saturated rings. The van der Waals surface area contributed by atoms with Crippen LogP contribution in [0.3, 0.4) is 0 Å². The third-order valence-electron chi connectivity index (χ3n) is 3.26. The first-order valence-corrected chi connectivity index (χ1v) is 7.84. The van der Waals surface area contributed by atoms with Crippen LogP contribution in [0.5, 0.6) is 11.5 Å². The van der Waals surface area contributed by atoms with Crippen molar-refractivity contribution >= 4 is 40.9 Å². The Kier molecular flexibility index (Phi) is 6.29. The fourth-order valence-electron chi connectivity index (χ4n) is 2.04. The van der Waals surface area contributed by atoms with Crippen molar-refractivity contribution in [1.82, 2.24) is 0 Å². The van der Waals surface area contributed by atoms with Gasteiger partial charge >= 0.3 is 0 Å². The molecule has 7 heteroatoms. The predicted octanol–water partition coefficient (Wildman–Crippen LogP) is 4.56. The Balaban J connectivity index is 2.28. The summed E-state index contributed by atoms with van der Waals surface area (Å²) in [6.45, 7) is 0. The average molecular weight is 377 g/mol. The van der Waals surface area contributed by atoms with Crippen LogP contribution in [0.2, 0.25) is 10.0 Å². The molecule has 2 rings (SSSR count). The SMILES string of the molecule is COc1ccc(/C=C(\C#N)C(=O)Nc2ccc(Cl)cc2Cl)cc1OC. The summed E-state index contributed by atoms with van der Waals surface area (Å²) in [5.74, 6) is 0.465. The van der Waals surface area contributed by atoms with Crippen LogP contribution in [0.4, 0.5) is 5.69 Å². The summed E-state index contributed by atoms with van der Waals surface area (Å²) in [4.78, 5) is 12.3. The number of carbonyl (C=O) groups excluding carboxylic acids is 1. The van der Waals surface area contributed by atoms with Crippen LogP contribution in [0, 0.1) is 11.3 Å². The van der Waals surface area contributed by atoms with Gasteiger partial charge in [0.25, 0.3) is 5.91 Å². The fraction of sp³-hybridized carbons (Fsp3) is 0.111. The van der Waals surface area contributed by atoms with E-state index in [1.165, 1.54) is 26.4 Å². The number of nitriles is 1. The van der Waals surface area contributed by atoms with Gasteiger partial charge in [-0.2, -0.15) is 5.26 Å². The van der Waals surface area contributed by atoms with Crippen LogP contribution in [0.25, 0.3) is 6.08 Å². The van der Waals surface area contributed by atoms with E-state index in [4.69, 9.17) is 32.7 Å². The monoisotopic (exact) mass is 376 g/mol. The zero-order valence-electron chi connectivity index (χ0n) is 13.5. The second kappa shape index (κ2) is 8.43. The van der Waals surface area contributed by atoms with E-state index < -0.39 is 5.91 Å². The molecule has 1 N–H and O–H groups in total. The summed E-state index contributed by atoms with van der Waals surface area (Å²) in [6.07, 6.45) is 1.45. The van der Waals surface area contributed by atoms with Crippen LogP contribution < -0.4 is 14.8 Å². The molecular weight excluding hydrogens is 363 g/mol. The lowest BCUT2D eigenvalue weighted by Gasteiger charge is -2.09. The van der Waals surface area contributed by atoms with Crippen molar-refractivity contribution in [1.29, 1.82) is 5.26 Å².